The zero-order valence-corrected chi connectivity index (χ0v) is 16.0. The quantitative estimate of drug-likeness (QED) is 0.625. The molecule has 1 aromatic heterocycles. The molecular formula is C20H18BrNO2S. The van der Waals surface area contributed by atoms with Crippen molar-refractivity contribution in [2.24, 2.45) is 0 Å². The Labute approximate surface area is 159 Å². The molecule has 0 atom stereocenters. The summed E-state index contributed by atoms with van der Waals surface area (Å²) in [5.41, 5.74) is 1.36. The lowest BCUT2D eigenvalue weighted by atomic mass is 9.73. The molecule has 0 bridgehead atoms. The molecule has 0 aliphatic carbocycles. The summed E-state index contributed by atoms with van der Waals surface area (Å²) in [4.78, 5) is 13.3. The van der Waals surface area contributed by atoms with Crippen molar-refractivity contribution in [3.8, 4) is 0 Å². The highest BCUT2D eigenvalue weighted by Crippen LogP contribution is 2.37. The van der Waals surface area contributed by atoms with Crippen LogP contribution in [-0.2, 0) is 14.9 Å². The first-order valence-corrected chi connectivity index (χ1v) is 9.97. The van der Waals surface area contributed by atoms with Gasteiger partial charge in [-0.3, -0.25) is 4.79 Å². The van der Waals surface area contributed by atoms with E-state index in [0.29, 0.717) is 26.1 Å². The zero-order valence-electron chi connectivity index (χ0n) is 13.6. The average Bonchev–Trinajstić information content (AvgIpc) is 3.10. The summed E-state index contributed by atoms with van der Waals surface area (Å²) in [6.07, 6.45) is 1.39. The number of hydrogen-bond donors (Lipinski definition) is 1. The van der Waals surface area contributed by atoms with E-state index < -0.39 is 5.41 Å². The maximum absolute atomic E-state index is 13.3. The summed E-state index contributed by atoms with van der Waals surface area (Å²) >= 11 is 5.18. The van der Waals surface area contributed by atoms with Gasteiger partial charge >= 0.3 is 0 Å². The van der Waals surface area contributed by atoms with Gasteiger partial charge in [0, 0.05) is 28.1 Å². The second-order valence-corrected chi connectivity index (χ2v) is 8.19. The lowest BCUT2D eigenvalue weighted by Gasteiger charge is -2.36. The van der Waals surface area contributed by atoms with Crippen molar-refractivity contribution < 1.29 is 9.53 Å². The van der Waals surface area contributed by atoms with Gasteiger partial charge in [-0.25, -0.2) is 0 Å². The number of thiophene rings is 1. The average molecular weight is 416 g/mol. The van der Waals surface area contributed by atoms with Crippen LogP contribution in [0.1, 0.15) is 18.4 Å². The fourth-order valence-corrected chi connectivity index (χ4v) is 4.47. The second kappa shape index (κ2) is 6.90. The minimum absolute atomic E-state index is 0.0488. The summed E-state index contributed by atoms with van der Waals surface area (Å²) in [6.45, 7) is 1.21. The van der Waals surface area contributed by atoms with Gasteiger partial charge in [0.05, 0.1) is 5.41 Å². The molecule has 1 fully saturated rings. The highest BCUT2D eigenvalue weighted by Gasteiger charge is 2.41. The van der Waals surface area contributed by atoms with Crippen molar-refractivity contribution in [1.29, 1.82) is 0 Å². The zero-order chi connectivity index (χ0) is 17.3. The molecule has 0 saturated carbocycles. The summed E-state index contributed by atoms with van der Waals surface area (Å²) in [6, 6.07) is 16.2. The second-order valence-electron chi connectivity index (χ2n) is 6.33. The number of halogens is 1. The van der Waals surface area contributed by atoms with Crippen LogP contribution in [0.4, 0.5) is 5.69 Å². The standard InChI is InChI=1S/C20H18BrNO2S/c21-16-3-1-15(2-4-16)20(8-10-24-11-9-20)19(23)22-17-5-6-18-14(13-17)7-12-25-18/h1-7,12-13H,8-11H2,(H,22,23). The van der Waals surface area contributed by atoms with Gasteiger partial charge in [0.2, 0.25) is 5.91 Å². The molecule has 1 aliphatic rings. The molecule has 25 heavy (non-hydrogen) atoms. The molecule has 0 spiro atoms. The van der Waals surface area contributed by atoms with E-state index in [-0.39, 0.29) is 5.91 Å². The number of benzene rings is 2. The maximum atomic E-state index is 13.3. The number of fused-ring (bicyclic) bond motifs is 1. The summed E-state index contributed by atoms with van der Waals surface area (Å²) in [7, 11) is 0. The smallest absolute Gasteiger partial charge is 0.235 e. The molecule has 0 unspecified atom stereocenters. The van der Waals surface area contributed by atoms with E-state index >= 15 is 0 Å². The van der Waals surface area contributed by atoms with Gasteiger partial charge in [-0.2, -0.15) is 0 Å². The Morgan fingerprint density at radius 3 is 2.60 bits per heavy atom. The molecule has 2 aromatic carbocycles. The van der Waals surface area contributed by atoms with E-state index in [0.717, 1.165) is 21.1 Å². The van der Waals surface area contributed by atoms with Crippen molar-refractivity contribution in [3.63, 3.8) is 0 Å². The third-order valence-corrected chi connectivity index (χ3v) is 6.31. The van der Waals surface area contributed by atoms with Crippen LogP contribution in [0.2, 0.25) is 0 Å². The van der Waals surface area contributed by atoms with E-state index in [1.165, 1.54) is 4.70 Å². The summed E-state index contributed by atoms with van der Waals surface area (Å²) < 4.78 is 7.77. The molecule has 1 aliphatic heterocycles. The van der Waals surface area contributed by atoms with Crippen LogP contribution in [-0.4, -0.2) is 19.1 Å². The molecule has 2 heterocycles. The number of amides is 1. The fraction of sp³-hybridized carbons (Fsp3) is 0.250. The van der Waals surface area contributed by atoms with Crippen molar-refractivity contribution in [2.75, 3.05) is 18.5 Å². The summed E-state index contributed by atoms with van der Waals surface area (Å²) in [5.74, 6) is 0.0488. The van der Waals surface area contributed by atoms with Crippen LogP contribution in [0.15, 0.2) is 58.4 Å². The van der Waals surface area contributed by atoms with Gasteiger partial charge < -0.3 is 10.1 Å². The number of rotatable bonds is 3. The highest BCUT2D eigenvalue weighted by atomic mass is 79.9. The molecule has 3 nitrogen and oxygen atoms in total. The Morgan fingerprint density at radius 2 is 1.84 bits per heavy atom. The molecule has 1 saturated heterocycles. The molecule has 5 heteroatoms. The van der Waals surface area contributed by atoms with Crippen LogP contribution in [0, 0.1) is 0 Å². The molecule has 0 radical (unpaired) electrons. The number of nitrogens with one attached hydrogen (secondary N) is 1. The summed E-state index contributed by atoms with van der Waals surface area (Å²) in [5, 5.41) is 6.37. The largest absolute Gasteiger partial charge is 0.381 e. The van der Waals surface area contributed by atoms with Gasteiger partial charge in [0.25, 0.3) is 0 Å². The Morgan fingerprint density at radius 1 is 1.08 bits per heavy atom. The van der Waals surface area contributed by atoms with Gasteiger partial charge in [-0.1, -0.05) is 28.1 Å². The lowest BCUT2D eigenvalue weighted by molar-refractivity contribution is -0.125. The van der Waals surface area contributed by atoms with Crippen LogP contribution in [0.3, 0.4) is 0 Å². The number of carbonyl (C=O) groups excluding carboxylic acids is 1. The van der Waals surface area contributed by atoms with Crippen LogP contribution < -0.4 is 5.32 Å². The first-order chi connectivity index (χ1) is 12.2. The minimum atomic E-state index is -0.539. The van der Waals surface area contributed by atoms with Crippen LogP contribution in [0.25, 0.3) is 10.1 Å². The Bertz CT molecular complexity index is 897. The van der Waals surface area contributed by atoms with Crippen LogP contribution >= 0.6 is 27.3 Å². The normalized spacial score (nSPS) is 16.7. The number of anilines is 1. The topological polar surface area (TPSA) is 38.3 Å². The third kappa shape index (κ3) is 3.24. The SMILES string of the molecule is O=C(Nc1ccc2sccc2c1)C1(c2ccc(Br)cc2)CCOCC1. The minimum Gasteiger partial charge on any atom is -0.381 e. The van der Waals surface area contributed by atoms with E-state index in [1.54, 1.807) is 11.3 Å². The number of ether oxygens (including phenoxy) is 1. The lowest BCUT2D eigenvalue weighted by Crippen LogP contribution is -2.44. The van der Waals surface area contributed by atoms with Crippen molar-refractivity contribution in [2.45, 2.75) is 18.3 Å². The Kier molecular flexibility index (Phi) is 4.63. The fourth-order valence-electron chi connectivity index (χ4n) is 3.43. The molecule has 1 amide bonds. The Hall–Kier alpha value is -1.69. The van der Waals surface area contributed by atoms with E-state index in [1.807, 2.05) is 36.4 Å². The first kappa shape index (κ1) is 16.8. The highest BCUT2D eigenvalue weighted by molar-refractivity contribution is 9.10. The van der Waals surface area contributed by atoms with Crippen LogP contribution in [0.5, 0.6) is 0 Å². The molecule has 128 valence electrons. The first-order valence-electron chi connectivity index (χ1n) is 8.30. The van der Waals surface area contributed by atoms with Gasteiger partial charge in [0.15, 0.2) is 0 Å². The Balaban J connectivity index is 1.66. The van der Waals surface area contributed by atoms with Gasteiger partial charge in [0.1, 0.15) is 0 Å². The number of hydrogen-bond acceptors (Lipinski definition) is 3. The van der Waals surface area contributed by atoms with Gasteiger partial charge in [-0.15, -0.1) is 11.3 Å². The van der Waals surface area contributed by atoms with E-state index in [2.05, 4.69) is 38.8 Å². The number of carbonyl (C=O) groups is 1. The third-order valence-electron chi connectivity index (χ3n) is 4.89. The van der Waals surface area contributed by atoms with E-state index in [4.69, 9.17) is 4.74 Å². The van der Waals surface area contributed by atoms with Gasteiger partial charge in [-0.05, 0) is 65.6 Å². The monoisotopic (exact) mass is 415 g/mol. The molecular weight excluding hydrogens is 398 g/mol. The molecule has 1 N–H and O–H groups in total. The van der Waals surface area contributed by atoms with Crippen molar-refractivity contribution in [3.05, 3.63) is 63.9 Å². The molecule has 3 aromatic rings. The predicted molar refractivity (Wildman–Crippen MR) is 106 cm³/mol. The maximum Gasteiger partial charge on any atom is 0.235 e. The van der Waals surface area contributed by atoms with Crippen molar-refractivity contribution in [1.82, 2.24) is 0 Å². The predicted octanol–water partition coefficient (Wildman–Crippen LogP) is 5.35. The molecule has 4 rings (SSSR count). The van der Waals surface area contributed by atoms with E-state index in [9.17, 15) is 4.79 Å². The van der Waals surface area contributed by atoms with Crippen molar-refractivity contribution >= 4 is 48.9 Å².